The topological polar surface area (TPSA) is 26.3 Å². The van der Waals surface area contributed by atoms with Crippen LogP contribution in [0.3, 0.4) is 0 Å². The summed E-state index contributed by atoms with van der Waals surface area (Å²) in [5, 5.41) is 2.25. The van der Waals surface area contributed by atoms with Crippen LogP contribution >= 0.6 is 0 Å². The van der Waals surface area contributed by atoms with Crippen molar-refractivity contribution in [2.24, 2.45) is 0 Å². The van der Waals surface area contributed by atoms with Gasteiger partial charge in [0.2, 0.25) is 0 Å². The Hall–Kier alpha value is -2.48. The normalized spacial score (nSPS) is 11.3. The molecule has 18 heavy (non-hydrogen) atoms. The summed E-state index contributed by atoms with van der Waals surface area (Å²) in [6.07, 6.45) is 3.52. The van der Waals surface area contributed by atoms with E-state index in [1.165, 1.54) is 0 Å². The first kappa shape index (κ1) is 9.54. The molecular weight excluding hydrogens is 224 g/mol. The van der Waals surface area contributed by atoms with E-state index in [0.29, 0.717) is 0 Å². The minimum absolute atomic E-state index is 0.909. The third kappa shape index (κ3) is 1.29. The van der Waals surface area contributed by atoms with Gasteiger partial charge in [0.1, 0.15) is 11.2 Å². The van der Waals surface area contributed by atoms with Crippen molar-refractivity contribution in [3.05, 3.63) is 61.1 Å². The van der Waals surface area contributed by atoms with Crippen LogP contribution in [-0.2, 0) is 0 Å². The van der Waals surface area contributed by atoms with Crippen molar-refractivity contribution in [3.8, 4) is 11.1 Å². The van der Waals surface area contributed by atoms with Crippen molar-refractivity contribution in [1.82, 2.24) is 0 Å². The second-order valence-corrected chi connectivity index (χ2v) is 4.32. The molecule has 2 nitrogen and oxygen atoms in total. The molecule has 0 unspecified atom stereocenters. The molecule has 2 aromatic carbocycles. The molecule has 0 aliphatic heterocycles. The Morgan fingerprint density at radius 3 is 2.72 bits per heavy atom. The molecule has 4 rings (SSSR count). The molecule has 0 bridgehead atoms. The molecule has 0 aliphatic carbocycles. The van der Waals surface area contributed by atoms with Crippen LogP contribution in [0.4, 0.5) is 0 Å². The molecule has 0 radical (unpaired) electrons. The van der Waals surface area contributed by atoms with Gasteiger partial charge in [0.15, 0.2) is 0 Å². The van der Waals surface area contributed by atoms with Crippen LogP contribution in [0.5, 0.6) is 0 Å². The maximum atomic E-state index is 5.57. The molecule has 0 saturated carbocycles. The molecule has 2 heteroatoms. The van der Waals surface area contributed by atoms with Crippen LogP contribution < -0.4 is 0 Å². The van der Waals surface area contributed by atoms with Crippen molar-refractivity contribution in [1.29, 1.82) is 0 Å². The van der Waals surface area contributed by atoms with Crippen molar-refractivity contribution >= 4 is 21.9 Å². The summed E-state index contributed by atoms with van der Waals surface area (Å²) in [6.45, 7) is 0. The van der Waals surface area contributed by atoms with Gasteiger partial charge in [-0.1, -0.05) is 24.3 Å². The zero-order valence-electron chi connectivity index (χ0n) is 9.59. The fourth-order valence-electron chi connectivity index (χ4n) is 2.34. The fraction of sp³-hybridized carbons (Fsp3) is 0. The van der Waals surface area contributed by atoms with Gasteiger partial charge in [-0.25, -0.2) is 0 Å². The number of rotatable bonds is 1. The third-order valence-corrected chi connectivity index (χ3v) is 3.24. The largest absolute Gasteiger partial charge is 0.464 e. The van der Waals surface area contributed by atoms with Gasteiger partial charge in [-0.2, -0.15) is 0 Å². The molecule has 2 heterocycles. The second-order valence-electron chi connectivity index (χ2n) is 4.32. The number of hydrogen-bond acceptors (Lipinski definition) is 2. The molecular formula is C16H10O2. The quantitative estimate of drug-likeness (QED) is 0.470. The highest BCUT2D eigenvalue weighted by atomic mass is 16.3. The third-order valence-electron chi connectivity index (χ3n) is 3.24. The SMILES string of the molecule is c1ccc2c(-c3ccc4occc4c3)coc2c1. The second kappa shape index (κ2) is 3.50. The summed E-state index contributed by atoms with van der Waals surface area (Å²) >= 11 is 0. The van der Waals surface area contributed by atoms with Gasteiger partial charge in [0.05, 0.1) is 12.5 Å². The van der Waals surface area contributed by atoms with E-state index in [2.05, 4.69) is 18.2 Å². The number of benzene rings is 2. The first-order valence-corrected chi connectivity index (χ1v) is 5.86. The first-order valence-electron chi connectivity index (χ1n) is 5.86. The molecule has 0 saturated heterocycles. The van der Waals surface area contributed by atoms with Gasteiger partial charge in [-0.15, -0.1) is 0 Å². The number of para-hydroxylation sites is 1. The van der Waals surface area contributed by atoms with E-state index in [0.717, 1.165) is 33.1 Å². The van der Waals surface area contributed by atoms with Crippen LogP contribution in [0.25, 0.3) is 33.1 Å². The Kier molecular flexibility index (Phi) is 1.86. The van der Waals surface area contributed by atoms with Crippen molar-refractivity contribution in [2.75, 3.05) is 0 Å². The van der Waals surface area contributed by atoms with E-state index < -0.39 is 0 Å². The minimum Gasteiger partial charge on any atom is -0.464 e. The Bertz CT molecular complexity index is 836. The Balaban J connectivity index is 2.00. The lowest BCUT2D eigenvalue weighted by molar-refractivity contribution is 0.615. The molecule has 0 fully saturated rings. The summed E-state index contributed by atoms with van der Waals surface area (Å²) < 4.78 is 10.9. The summed E-state index contributed by atoms with van der Waals surface area (Å²) in [5.74, 6) is 0. The Labute approximate surface area is 103 Å². The lowest BCUT2D eigenvalue weighted by atomic mass is 10.0. The monoisotopic (exact) mass is 234 g/mol. The van der Waals surface area contributed by atoms with Crippen LogP contribution in [0.2, 0.25) is 0 Å². The summed E-state index contributed by atoms with van der Waals surface area (Å²) in [7, 11) is 0. The average Bonchev–Trinajstić information content (AvgIpc) is 3.04. The molecule has 0 aliphatic rings. The standard InChI is InChI=1S/C16H10O2/c1-2-4-16-13(3-1)14(10-18-16)11-5-6-15-12(9-11)7-8-17-15/h1-10H. The Morgan fingerprint density at radius 1 is 0.778 bits per heavy atom. The number of furan rings is 2. The van der Waals surface area contributed by atoms with E-state index in [1.807, 2.05) is 36.6 Å². The molecule has 0 spiro atoms. The van der Waals surface area contributed by atoms with Gasteiger partial charge in [-0.3, -0.25) is 0 Å². The van der Waals surface area contributed by atoms with E-state index >= 15 is 0 Å². The van der Waals surface area contributed by atoms with Crippen molar-refractivity contribution < 1.29 is 8.83 Å². The lowest BCUT2D eigenvalue weighted by Crippen LogP contribution is -1.75. The summed E-state index contributed by atoms with van der Waals surface area (Å²) in [5.41, 5.74) is 4.09. The van der Waals surface area contributed by atoms with Gasteiger partial charge >= 0.3 is 0 Å². The highest BCUT2D eigenvalue weighted by Crippen LogP contribution is 2.32. The van der Waals surface area contributed by atoms with Gasteiger partial charge in [0.25, 0.3) is 0 Å². The first-order chi connectivity index (χ1) is 8.92. The van der Waals surface area contributed by atoms with Gasteiger partial charge in [0, 0.05) is 16.3 Å². The number of fused-ring (bicyclic) bond motifs is 2. The predicted molar refractivity (Wildman–Crippen MR) is 71.4 cm³/mol. The lowest BCUT2D eigenvalue weighted by Gasteiger charge is -1.98. The van der Waals surface area contributed by atoms with E-state index in [1.54, 1.807) is 6.26 Å². The van der Waals surface area contributed by atoms with Crippen LogP contribution in [0.1, 0.15) is 0 Å². The van der Waals surface area contributed by atoms with Crippen molar-refractivity contribution in [2.45, 2.75) is 0 Å². The van der Waals surface area contributed by atoms with Crippen LogP contribution in [0, 0.1) is 0 Å². The molecule has 2 aromatic heterocycles. The molecule has 4 aromatic rings. The summed E-state index contributed by atoms with van der Waals surface area (Å²) in [4.78, 5) is 0. The maximum Gasteiger partial charge on any atom is 0.134 e. The van der Waals surface area contributed by atoms with Crippen molar-refractivity contribution in [3.63, 3.8) is 0 Å². The fourth-order valence-corrected chi connectivity index (χ4v) is 2.34. The van der Waals surface area contributed by atoms with Crippen LogP contribution in [0.15, 0.2) is 69.9 Å². The maximum absolute atomic E-state index is 5.57. The van der Waals surface area contributed by atoms with E-state index in [4.69, 9.17) is 8.83 Å². The highest BCUT2D eigenvalue weighted by molar-refractivity contribution is 5.96. The van der Waals surface area contributed by atoms with Gasteiger partial charge < -0.3 is 8.83 Å². The highest BCUT2D eigenvalue weighted by Gasteiger charge is 2.08. The average molecular weight is 234 g/mol. The van der Waals surface area contributed by atoms with E-state index in [-0.39, 0.29) is 0 Å². The van der Waals surface area contributed by atoms with E-state index in [9.17, 15) is 0 Å². The van der Waals surface area contributed by atoms with Crippen LogP contribution in [-0.4, -0.2) is 0 Å². The molecule has 0 atom stereocenters. The molecule has 86 valence electrons. The Morgan fingerprint density at radius 2 is 1.72 bits per heavy atom. The number of hydrogen-bond donors (Lipinski definition) is 0. The summed E-state index contributed by atoms with van der Waals surface area (Å²) in [6, 6.07) is 16.2. The van der Waals surface area contributed by atoms with Gasteiger partial charge in [-0.05, 0) is 29.8 Å². The molecule has 0 N–H and O–H groups in total. The molecule has 0 amide bonds. The zero-order valence-corrected chi connectivity index (χ0v) is 9.59. The minimum atomic E-state index is 0.909. The predicted octanol–water partition coefficient (Wildman–Crippen LogP) is 4.85. The smallest absolute Gasteiger partial charge is 0.134 e. The zero-order chi connectivity index (χ0) is 11.9.